The first-order chi connectivity index (χ1) is 23.8. The molecule has 10 rings (SSSR count). The van der Waals surface area contributed by atoms with Crippen molar-refractivity contribution in [3.8, 4) is 56.2 Å². The Labute approximate surface area is 287 Å². The summed E-state index contributed by atoms with van der Waals surface area (Å²) in [6, 6.07) is 48.4. The quantitative estimate of drug-likeness (QED) is 0.195. The summed E-state index contributed by atoms with van der Waals surface area (Å²) in [6.45, 7) is 9.34. The van der Waals surface area contributed by atoms with Gasteiger partial charge in [-0.1, -0.05) is 149 Å². The zero-order valence-corrected chi connectivity index (χ0v) is 28.1. The van der Waals surface area contributed by atoms with Crippen molar-refractivity contribution >= 4 is 0 Å². The van der Waals surface area contributed by atoms with E-state index in [1.807, 2.05) is 6.07 Å². The Morgan fingerprint density at radius 2 is 0.939 bits per heavy atom. The van der Waals surface area contributed by atoms with Gasteiger partial charge in [-0.25, -0.2) is 15.0 Å². The summed E-state index contributed by atoms with van der Waals surface area (Å²) >= 11 is 0. The molecule has 0 saturated carbocycles. The van der Waals surface area contributed by atoms with Crippen molar-refractivity contribution in [3.63, 3.8) is 0 Å². The average molecular weight is 630 g/mol. The molecule has 1 atom stereocenters. The van der Waals surface area contributed by atoms with E-state index in [0.29, 0.717) is 11.6 Å². The van der Waals surface area contributed by atoms with E-state index in [-0.39, 0.29) is 16.7 Å². The average Bonchev–Trinajstić information content (AvgIpc) is 3.67. The second-order valence-electron chi connectivity index (χ2n) is 14.8. The first-order valence-electron chi connectivity index (χ1n) is 17.2. The van der Waals surface area contributed by atoms with Gasteiger partial charge in [0.2, 0.25) is 0 Å². The van der Waals surface area contributed by atoms with Gasteiger partial charge in [0.15, 0.2) is 11.6 Å². The van der Waals surface area contributed by atoms with Gasteiger partial charge >= 0.3 is 0 Å². The predicted molar refractivity (Wildman–Crippen MR) is 199 cm³/mol. The molecule has 1 unspecified atom stereocenters. The molecule has 0 spiro atoms. The standard InChI is InChI=1S/C46H35N3/c1-45(2)37-20-12-10-17-30(37)32-23-22-28(24-39(32)45)43-47-42(27-14-6-5-7-15-27)48-44(49-43)41-33-19-9-8-16-29(33)34-25-35-31-18-11-13-21-38(31)46(3,4)40(35)26-36(34)41/h5-26,41H,1-4H3. The fraction of sp³-hybridized carbons (Fsp3) is 0.152. The molecule has 0 aliphatic heterocycles. The van der Waals surface area contributed by atoms with E-state index in [1.54, 1.807) is 0 Å². The molecule has 0 N–H and O–H groups in total. The highest BCUT2D eigenvalue weighted by Gasteiger charge is 2.40. The number of rotatable bonds is 3. The van der Waals surface area contributed by atoms with Crippen LogP contribution in [-0.2, 0) is 10.8 Å². The zero-order valence-electron chi connectivity index (χ0n) is 28.1. The molecule has 0 radical (unpaired) electrons. The molecule has 0 bridgehead atoms. The van der Waals surface area contributed by atoms with E-state index in [1.165, 1.54) is 66.8 Å². The molecule has 6 aromatic carbocycles. The van der Waals surface area contributed by atoms with Crippen LogP contribution in [0.3, 0.4) is 0 Å². The van der Waals surface area contributed by atoms with Crippen LogP contribution in [0.2, 0.25) is 0 Å². The Morgan fingerprint density at radius 3 is 1.65 bits per heavy atom. The van der Waals surface area contributed by atoms with Gasteiger partial charge in [0.1, 0.15) is 5.82 Å². The molecule has 49 heavy (non-hydrogen) atoms. The molecule has 7 aromatic rings. The molecule has 0 saturated heterocycles. The molecule has 1 heterocycles. The molecule has 0 amide bonds. The Morgan fingerprint density at radius 1 is 0.388 bits per heavy atom. The number of hydrogen-bond donors (Lipinski definition) is 0. The number of nitrogens with zero attached hydrogens (tertiary/aromatic N) is 3. The fourth-order valence-corrected chi connectivity index (χ4v) is 8.89. The molecule has 234 valence electrons. The third-order valence-electron chi connectivity index (χ3n) is 11.4. The van der Waals surface area contributed by atoms with Crippen LogP contribution in [-0.4, -0.2) is 15.0 Å². The number of fused-ring (bicyclic) bond motifs is 9. The number of benzene rings is 6. The minimum absolute atomic E-state index is 0.103. The maximum Gasteiger partial charge on any atom is 0.163 e. The van der Waals surface area contributed by atoms with Gasteiger partial charge in [-0.3, -0.25) is 0 Å². The lowest BCUT2D eigenvalue weighted by Gasteiger charge is -2.23. The van der Waals surface area contributed by atoms with E-state index in [2.05, 4.69) is 155 Å². The minimum atomic E-state index is -0.117. The van der Waals surface area contributed by atoms with E-state index in [9.17, 15) is 0 Å². The highest BCUT2D eigenvalue weighted by Crippen LogP contribution is 2.55. The lowest BCUT2D eigenvalue weighted by molar-refractivity contribution is 0.658. The van der Waals surface area contributed by atoms with Crippen LogP contribution in [0.25, 0.3) is 56.2 Å². The lowest BCUT2D eigenvalue weighted by Crippen LogP contribution is -2.16. The van der Waals surface area contributed by atoms with Gasteiger partial charge in [-0.15, -0.1) is 0 Å². The van der Waals surface area contributed by atoms with Crippen molar-refractivity contribution in [1.29, 1.82) is 0 Å². The van der Waals surface area contributed by atoms with Crippen molar-refractivity contribution < 1.29 is 0 Å². The Kier molecular flexibility index (Phi) is 5.75. The summed E-state index contributed by atoms with van der Waals surface area (Å²) in [5, 5.41) is 0. The van der Waals surface area contributed by atoms with Gasteiger partial charge in [-0.05, 0) is 78.9 Å². The van der Waals surface area contributed by atoms with E-state index >= 15 is 0 Å². The zero-order chi connectivity index (χ0) is 33.1. The second kappa shape index (κ2) is 9.93. The van der Waals surface area contributed by atoms with Crippen LogP contribution in [0, 0.1) is 0 Å². The molecular weight excluding hydrogens is 595 g/mol. The van der Waals surface area contributed by atoms with Crippen LogP contribution in [0.1, 0.15) is 72.8 Å². The highest BCUT2D eigenvalue weighted by atomic mass is 15.0. The molecule has 3 heteroatoms. The monoisotopic (exact) mass is 629 g/mol. The number of aromatic nitrogens is 3. The SMILES string of the molecule is CC1(C)c2ccccc2-c2ccc(-c3nc(-c4ccccc4)nc(C4c5ccccc5-c5cc6c(cc54)C(C)(C)c4ccccc4-6)n3)cc21. The first-order valence-corrected chi connectivity index (χ1v) is 17.2. The smallest absolute Gasteiger partial charge is 0.163 e. The van der Waals surface area contributed by atoms with Crippen molar-refractivity contribution in [2.45, 2.75) is 44.4 Å². The normalized spacial score (nSPS) is 16.7. The highest BCUT2D eigenvalue weighted by molar-refractivity contribution is 5.90. The summed E-state index contributed by atoms with van der Waals surface area (Å²) in [6.07, 6.45) is 0. The summed E-state index contributed by atoms with van der Waals surface area (Å²) in [7, 11) is 0. The molecular formula is C46H35N3. The van der Waals surface area contributed by atoms with Crippen LogP contribution in [0.5, 0.6) is 0 Å². The van der Waals surface area contributed by atoms with Crippen molar-refractivity contribution in [2.24, 2.45) is 0 Å². The van der Waals surface area contributed by atoms with Crippen LogP contribution in [0.4, 0.5) is 0 Å². The lowest BCUT2D eigenvalue weighted by atomic mass is 9.81. The predicted octanol–water partition coefficient (Wildman–Crippen LogP) is 11.0. The third kappa shape index (κ3) is 3.93. The Bertz CT molecular complexity index is 2510. The number of hydrogen-bond acceptors (Lipinski definition) is 3. The van der Waals surface area contributed by atoms with Gasteiger partial charge in [0.05, 0.1) is 5.92 Å². The maximum atomic E-state index is 5.38. The Balaban J connectivity index is 1.19. The van der Waals surface area contributed by atoms with Crippen LogP contribution < -0.4 is 0 Å². The van der Waals surface area contributed by atoms with Crippen LogP contribution in [0.15, 0.2) is 133 Å². The van der Waals surface area contributed by atoms with E-state index in [4.69, 9.17) is 15.0 Å². The maximum absolute atomic E-state index is 5.38. The van der Waals surface area contributed by atoms with Gasteiger partial charge in [0.25, 0.3) is 0 Å². The summed E-state index contributed by atoms with van der Waals surface area (Å²) in [5.41, 5.74) is 17.5. The van der Waals surface area contributed by atoms with Gasteiger partial charge in [0, 0.05) is 22.0 Å². The topological polar surface area (TPSA) is 38.7 Å². The van der Waals surface area contributed by atoms with Crippen molar-refractivity contribution in [3.05, 3.63) is 173 Å². The van der Waals surface area contributed by atoms with E-state index < -0.39 is 0 Å². The molecule has 0 fully saturated rings. The Hall–Kier alpha value is -5.67. The molecule has 1 aromatic heterocycles. The molecule has 3 aliphatic rings. The molecule has 3 nitrogen and oxygen atoms in total. The van der Waals surface area contributed by atoms with Gasteiger partial charge < -0.3 is 0 Å². The fourth-order valence-electron chi connectivity index (χ4n) is 8.89. The van der Waals surface area contributed by atoms with Crippen molar-refractivity contribution in [2.75, 3.05) is 0 Å². The first kappa shape index (κ1) is 28.4. The third-order valence-corrected chi connectivity index (χ3v) is 11.4. The minimum Gasteiger partial charge on any atom is -0.212 e. The summed E-state index contributed by atoms with van der Waals surface area (Å²) < 4.78 is 0. The summed E-state index contributed by atoms with van der Waals surface area (Å²) in [4.78, 5) is 15.8. The largest absolute Gasteiger partial charge is 0.212 e. The van der Waals surface area contributed by atoms with Crippen LogP contribution >= 0.6 is 0 Å². The summed E-state index contributed by atoms with van der Waals surface area (Å²) in [5.74, 6) is 2.07. The second-order valence-corrected chi connectivity index (χ2v) is 14.8. The van der Waals surface area contributed by atoms with Crippen molar-refractivity contribution in [1.82, 2.24) is 15.0 Å². The van der Waals surface area contributed by atoms with Gasteiger partial charge in [-0.2, -0.15) is 0 Å². The van der Waals surface area contributed by atoms with E-state index in [0.717, 1.165) is 17.0 Å². The molecule has 3 aliphatic carbocycles.